The fourth-order valence-corrected chi connectivity index (χ4v) is 3.12. The second-order valence-corrected chi connectivity index (χ2v) is 7.21. The van der Waals surface area contributed by atoms with Crippen LogP contribution in [0, 0.1) is 5.82 Å². The van der Waals surface area contributed by atoms with Crippen molar-refractivity contribution in [2.45, 2.75) is 90.1 Å². The number of ether oxygens (including phenoxy) is 1. The van der Waals surface area contributed by atoms with Crippen molar-refractivity contribution in [3.63, 3.8) is 0 Å². The number of benzene rings is 1. The van der Waals surface area contributed by atoms with Gasteiger partial charge in [-0.15, -0.1) is 0 Å². The van der Waals surface area contributed by atoms with Gasteiger partial charge in [0.15, 0.2) is 0 Å². The normalized spacial score (nSPS) is 11.6. The number of carbonyl (C=O) groups excluding carboxylic acids is 1. The molecular weight excluding hydrogens is 372 g/mol. The molecule has 0 heterocycles. The molecule has 0 aliphatic heterocycles. The third kappa shape index (κ3) is 10.1. The summed E-state index contributed by atoms with van der Waals surface area (Å²) >= 11 is 0. The Labute approximate surface area is 165 Å². The number of carbonyl (C=O) groups is 1. The van der Waals surface area contributed by atoms with E-state index in [0.29, 0.717) is 24.6 Å². The van der Waals surface area contributed by atoms with Crippen molar-refractivity contribution >= 4 is 5.97 Å². The largest absolute Gasteiger partial charge is 0.462 e. The number of esters is 1. The van der Waals surface area contributed by atoms with E-state index in [1.807, 2.05) is 0 Å². The van der Waals surface area contributed by atoms with Gasteiger partial charge in [-0.1, -0.05) is 77.6 Å². The Balaban J connectivity index is 2.14. The molecule has 6 heteroatoms. The van der Waals surface area contributed by atoms with Crippen LogP contribution in [-0.4, -0.2) is 12.6 Å². The number of rotatable bonds is 14. The molecule has 0 aliphatic rings. The van der Waals surface area contributed by atoms with Crippen molar-refractivity contribution in [3.05, 3.63) is 35.1 Å². The van der Waals surface area contributed by atoms with Gasteiger partial charge in [-0.2, -0.15) is 13.2 Å². The van der Waals surface area contributed by atoms with Gasteiger partial charge >= 0.3 is 12.1 Å². The summed E-state index contributed by atoms with van der Waals surface area (Å²) in [7, 11) is 0. The molecular formula is C22H32F4O2. The summed E-state index contributed by atoms with van der Waals surface area (Å²) in [6.07, 6.45) is 9.10. The highest BCUT2D eigenvalue weighted by molar-refractivity contribution is 5.91. The number of halogens is 4. The summed E-state index contributed by atoms with van der Waals surface area (Å²) in [6, 6.07) is 1.83. The van der Waals surface area contributed by atoms with E-state index < -0.39 is 29.1 Å². The lowest BCUT2D eigenvalue weighted by atomic mass is 10.1. The molecule has 2 nitrogen and oxygen atoms in total. The van der Waals surface area contributed by atoms with E-state index in [2.05, 4.69) is 6.92 Å². The van der Waals surface area contributed by atoms with E-state index in [9.17, 15) is 22.4 Å². The molecule has 0 radical (unpaired) electrons. The van der Waals surface area contributed by atoms with Crippen molar-refractivity contribution in [2.75, 3.05) is 6.61 Å². The highest BCUT2D eigenvalue weighted by Crippen LogP contribution is 2.32. The molecule has 0 aromatic heterocycles. The van der Waals surface area contributed by atoms with Crippen LogP contribution in [0.1, 0.15) is 99.9 Å². The maximum atomic E-state index is 13.2. The summed E-state index contributed by atoms with van der Waals surface area (Å²) in [6.45, 7) is 2.26. The van der Waals surface area contributed by atoms with E-state index in [1.165, 1.54) is 51.4 Å². The lowest BCUT2D eigenvalue weighted by molar-refractivity contribution is -0.138. The summed E-state index contributed by atoms with van der Waals surface area (Å²) in [5.74, 6) is -2.03. The molecule has 0 saturated heterocycles. The lowest BCUT2D eigenvalue weighted by Crippen LogP contribution is -2.16. The molecule has 28 heavy (non-hydrogen) atoms. The summed E-state index contributed by atoms with van der Waals surface area (Å²) in [5.41, 5.74) is -1.94. The quantitative estimate of drug-likeness (QED) is 0.180. The Morgan fingerprint density at radius 2 is 1.36 bits per heavy atom. The molecule has 0 N–H and O–H groups in total. The molecule has 0 aliphatic carbocycles. The first-order chi connectivity index (χ1) is 13.4. The van der Waals surface area contributed by atoms with Gasteiger partial charge in [0.1, 0.15) is 5.82 Å². The van der Waals surface area contributed by atoms with Gasteiger partial charge < -0.3 is 4.74 Å². The number of hydrogen-bond donors (Lipinski definition) is 0. The summed E-state index contributed by atoms with van der Waals surface area (Å²) < 4.78 is 56.8. The Bertz CT molecular complexity index is 570. The van der Waals surface area contributed by atoms with Gasteiger partial charge in [0.05, 0.1) is 17.7 Å². The van der Waals surface area contributed by atoms with Crippen LogP contribution in [0.2, 0.25) is 0 Å². The molecule has 1 aromatic carbocycles. The zero-order valence-corrected chi connectivity index (χ0v) is 16.8. The minimum atomic E-state index is -4.72. The molecule has 1 aromatic rings. The van der Waals surface area contributed by atoms with Gasteiger partial charge in [0, 0.05) is 0 Å². The first kappa shape index (κ1) is 24.4. The topological polar surface area (TPSA) is 26.3 Å². The van der Waals surface area contributed by atoms with Gasteiger partial charge in [-0.25, -0.2) is 9.18 Å². The molecule has 0 saturated carbocycles. The van der Waals surface area contributed by atoms with Crippen LogP contribution < -0.4 is 0 Å². The van der Waals surface area contributed by atoms with Crippen molar-refractivity contribution in [3.8, 4) is 0 Å². The maximum absolute atomic E-state index is 13.2. The Morgan fingerprint density at radius 1 is 0.857 bits per heavy atom. The zero-order chi connectivity index (χ0) is 20.8. The first-order valence-electron chi connectivity index (χ1n) is 10.4. The SMILES string of the molecule is CCCCCCCCCCCCCCOC(=O)c1cc(F)ccc1C(F)(F)F. The average molecular weight is 404 g/mol. The molecule has 0 spiro atoms. The van der Waals surface area contributed by atoms with E-state index in [4.69, 9.17) is 4.74 Å². The summed E-state index contributed by atoms with van der Waals surface area (Å²) in [5, 5.41) is 0. The number of unbranched alkanes of at least 4 members (excludes halogenated alkanes) is 11. The van der Waals surface area contributed by atoms with Gasteiger partial charge in [0.25, 0.3) is 0 Å². The molecule has 0 fully saturated rings. The molecule has 0 atom stereocenters. The van der Waals surface area contributed by atoms with Crippen LogP contribution in [0.4, 0.5) is 17.6 Å². The average Bonchev–Trinajstić information content (AvgIpc) is 2.64. The lowest BCUT2D eigenvalue weighted by Gasteiger charge is -2.12. The zero-order valence-electron chi connectivity index (χ0n) is 16.8. The van der Waals surface area contributed by atoms with Crippen molar-refractivity contribution in [2.24, 2.45) is 0 Å². The second-order valence-electron chi connectivity index (χ2n) is 7.21. The highest BCUT2D eigenvalue weighted by Gasteiger charge is 2.35. The van der Waals surface area contributed by atoms with Crippen LogP contribution in [0.5, 0.6) is 0 Å². The van der Waals surface area contributed by atoms with Gasteiger partial charge in [0.2, 0.25) is 0 Å². The van der Waals surface area contributed by atoms with Crippen molar-refractivity contribution in [1.29, 1.82) is 0 Å². The van der Waals surface area contributed by atoms with E-state index >= 15 is 0 Å². The van der Waals surface area contributed by atoms with Crippen molar-refractivity contribution in [1.82, 2.24) is 0 Å². The van der Waals surface area contributed by atoms with Crippen LogP contribution in [0.3, 0.4) is 0 Å². The smallest absolute Gasteiger partial charge is 0.417 e. The minimum Gasteiger partial charge on any atom is -0.462 e. The van der Waals surface area contributed by atoms with Crippen LogP contribution in [0.15, 0.2) is 18.2 Å². The fraction of sp³-hybridized carbons (Fsp3) is 0.682. The second kappa shape index (κ2) is 13.6. The molecule has 0 unspecified atom stereocenters. The molecule has 0 bridgehead atoms. The molecule has 160 valence electrons. The Kier molecular flexibility index (Phi) is 11.8. The Hall–Kier alpha value is -1.59. The first-order valence-corrected chi connectivity index (χ1v) is 10.4. The summed E-state index contributed by atoms with van der Waals surface area (Å²) in [4.78, 5) is 11.9. The van der Waals surface area contributed by atoms with Crippen LogP contribution in [-0.2, 0) is 10.9 Å². The highest BCUT2D eigenvalue weighted by atomic mass is 19.4. The molecule has 1 rings (SSSR count). The maximum Gasteiger partial charge on any atom is 0.417 e. The third-order valence-corrected chi connectivity index (χ3v) is 4.74. The van der Waals surface area contributed by atoms with Gasteiger partial charge in [-0.05, 0) is 24.6 Å². The van der Waals surface area contributed by atoms with E-state index in [1.54, 1.807) is 0 Å². The van der Waals surface area contributed by atoms with E-state index in [-0.39, 0.29) is 6.61 Å². The van der Waals surface area contributed by atoms with Crippen molar-refractivity contribution < 1.29 is 27.1 Å². The monoisotopic (exact) mass is 404 g/mol. The van der Waals surface area contributed by atoms with E-state index in [0.717, 1.165) is 19.3 Å². The number of hydrogen-bond acceptors (Lipinski definition) is 2. The van der Waals surface area contributed by atoms with Crippen LogP contribution in [0.25, 0.3) is 0 Å². The fourth-order valence-electron chi connectivity index (χ4n) is 3.12. The molecule has 0 amide bonds. The predicted octanol–water partition coefficient (Wildman–Crippen LogP) is 7.70. The predicted molar refractivity (Wildman–Crippen MR) is 103 cm³/mol. The minimum absolute atomic E-state index is 0.0457. The number of alkyl halides is 3. The van der Waals surface area contributed by atoms with Crippen LogP contribution >= 0.6 is 0 Å². The third-order valence-electron chi connectivity index (χ3n) is 4.74. The standard InChI is InChI=1S/C22H32F4O2/c1-2-3-4-5-6-7-8-9-10-11-12-13-16-28-21(27)19-17-18(23)14-15-20(19)22(24,25)26/h14-15,17H,2-13,16H2,1H3. The van der Waals surface area contributed by atoms with Gasteiger partial charge in [-0.3, -0.25) is 0 Å². The Morgan fingerprint density at radius 3 is 1.86 bits per heavy atom.